The van der Waals surface area contributed by atoms with Gasteiger partial charge in [0.1, 0.15) is 0 Å². The van der Waals surface area contributed by atoms with Crippen molar-refractivity contribution in [2.75, 3.05) is 0 Å². The Hall–Kier alpha value is -2.93. The average molecular weight is 412 g/mol. The molecule has 27 heavy (non-hydrogen) atoms. The molecule has 1 aliphatic heterocycles. The van der Waals surface area contributed by atoms with E-state index in [2.05, 4.69) is 83.9 Å². The molecule has 2 heteroatoms. The third-order valence-electron chi connectivity index (χ3n) is 4.18. The maximum atomic E-state index is 4.54. The van der Waals surface area contributed by atoms with E-state index in [-0.39, 0.29) is 15.0 Å². The van der Waals surface area contributed by atoms with Crippen LogP contribution < -0.4 is 0 Å². The standard InChI is InChI=1S/C25H19NSe/c1-4-10-21(11-5-1)24-18-20(16-17-26-23-14-8-3-9-15-23)19-25(27-24)22-12-6-2-7-13-22/h1-19H. The minimum absolute atomic E-state index is 0.274. The number of aliphatic imine (C=N–C) groups is 1. The number of allylic oxidation sites excluding steroid dienone is 4. The summed E-state index contributed by atoms with van der Waals surface area (Å²) in [4.78, 5) is 4.54. The van der Waals surface area contributed by atoms with Crippen LogP contribution in [0.1, 0.15) is 11.1 Å². The fraction of sp³-hybridized carbons (Fsp3) is 0. The van der Waals surface area contributed by atoms with E-state index >= 15 is 0 Å². The summed E-state index contributed by atoms with van der Waals surface area (Å²) in [5.41, 5.74) is 4.74. The summed E-state index contributed by atoms with van der Waals surface area (Å²) in [6, 6.07) is 31.3. The van der Waals surface area contributed by atoms with Gasteiger partial charge in [0.25, 0.3) is 0 Å². The van der Waals surface area contributed by atoms with Gasteiger partial charge >= 0.3 is 167 Å². The van der Waals surface area contributed by atoms with Gasteiger partial charge in [-0.3, -0.25) is 0 Å². The Morgan fingerprint density at radius 2 is 1.07 bits per heavy atom. The zero-order valence-corrected chi connectivity index (χ0v) is 16.5. The summed E-state index contributed by atoms with van der Waals surface area (Å²) < 4.78 is 2.78. The van der Waals surface area contributed by atoms with Gasteiger partial charge in [-0.25, -0.2) is 0 Å². The van der Waals surface area contributed by atoms with Crippen LogP contribution in [0, 0.1) is 0 Å². The van der Waals surface area contributed by atoms with Crippen LogP contribution in [0.2, 0.25) is 0 Å². The second kappa shape index (κ2) is 8.64. The van der Waals surface area contributed by atoms with Gasteiger partial charge in [-0.15, -0.1) is 0 Å². The number of rotatable bonds is 4. The SMILES string of the molecule is C(C=C1C=C(c2ccccc2)[Se]C(c2ccccc2)=C1)=Nc1ccccc1. The van der Waals surface area contributed by atoms with Gasteiger partial charge in [0.15, 0.2) is 0 Å². The van der Waals surface area contributed by atoms with Crippen molar-refractivity contribution in [2.24, 2.45) is 4.99 Å². The zero-order valence-electron chi connectivity index (χ0n) is 14.8. The first-order chi connectivity index (χ1) is 13.4. The zero-order chi connectivity index (χ0) is 18.3. The van der Waals surface area contributed by atoms with Crippen molar-refractivity contribution in [1.82, 2.24) is 0 Å². The molecular weight excluding hydrogens is 393 g/mol. The van der Waals surface area contributed by atoms with E-state index in [1.165, 1.54) is 25.6 Å². The number of para-hydroxylation sites is 1. The molecule has 0 aromatic heterocycles. The van der Waals surface area contributed by atoms with Gasteiger partial charge in [0.05, 0.1) is 0 Å². The van der Waals surface area contributed by atoms with Crippen LogP contribution in [-0.2, 0) is 0 Å². The van der Waals surface area contributed by atoms with E-state index in [0.717, 1.165) is 5.69 Å². The molecule has 0 aliphatic carbocycles. The molecule has 4 rings (SSSR count). The number of benzene rings is 3. The quantitative estimate of drug-likeness (QED) is 0.362. The third-order valence-corrected chi connectivity index (χ3v) is 6.59. The van der Waals surface area contributed by atoms with Crippen molar-refractivity contribution in [2.45, 2.75) is 0 Å². The molecular formula is C25H19NSe. The van der Waals surface area contributed by atoms with Crippen molar-refractivity contribution in [3.8, 4) is 0 Å². The van der Waals surface area contributed by atoms with E-state index in [4.69, 9.17) is 0 Å². The fourth-order valence-electron chi connectivity index (χ4n) is 2.83. The van der Waals surface area contributed by atoms with Crippen LogP contribution in [0.4, 0.5) is 5.69 Å². The average Bonchev–Trinajstić information content (AvgIpc) is 2.76. The Labute approximate surface area is 166 Å². The second-order valence-corrected chi connectivity index (χ2v) is 8.41. The molecule has 0 N–H and O–H groups in total. The van der Waals surface area contributed by atoms with Crippen molar-refractivity contribution in [3.05, 3.63) is 126 Å². The predicted molar refractivity (Wildman–Crippen MR) is 117 cm³/mol. The molecule has 3 aromatic rings. The first kappa shape index (κ1) is 17.5. The molecule has 0 radical (unpaired) electrons. The van der Waals surface area contributed by atoms with Crippen LogP contribution in [0.5, 0.6) is 0 Å². The number of hydrogen-bond acceptors (Lipinski definition) is 1. The summed E-state index contributed by atoms with van der Waals surface area (Å²) >= 11 is 0.274. The van der Waals surface area contributed by atoms with Crippen molar-refractivity contribution in [3.63, 3.8) is 0 Å². The Balaban J connectivity index is 1.68. The van der Waals surface area contributed by atoms with Crippen molar-refractivity contribution >= 4 is 35.8 Å². The molecule has 1 heterocycles. The Bertz CT molecular complexity index is 956. The van der Waals surface area contributed by atoms with Gasteiger partial charge in [-0.2, -0.15) is 0 Å². The van der Waals surface area contributed by atoms with Gasteiger partial charge < -0.3 is 0 Å². The van der Waals surface area contributed by atoms with Crippen LogP contribution in [0.3, 0.4) is 0 Å². The molecule has 0 saturated heterocycles. The third kappa shape index (κ3) is 4.62. The molecule has 0 atom stereocenters. The molecule has 3 aromatic carbocycles. The fourth-order valence-corrected chi connectivity index (χ4v) is 5.21. The molecule has 0 fully saturated rings. The first-order valence-electron chi connectivity index (χ1n) is 8.90. The van der Waals surface area contributed by atoms with E-state index in [1.807, 2.05) is 36.5 Å². The van der Waals surface area contributed by atoms with Gasteiger partial charge in [0, 0.05) is 0 Å². The summed E-state index contributed by atoms with van der Waals surface area (Å²) in [6.45, 7) is 0. The number of hydrogen-bond donors (Lipinski definition) is 0. The molecule has 0 unspecified atom stereocenters. The van der Waals surface area contributed by atoms with Crippen LogP contribution in [-0.4, -0.2) is 21.2 Å². The second-order valence-electron chi connectivity index (χ2n) is 6.13. The molecule has 1 nitrogen and oxygen atoms in total. The minimum atomic E-state index is 0.274. The summed E-state index contributed by atoms with van der Waals surface area (Å²) in [5.74, 6) is 0. The van der Waals surface area contributed by atoms with Crippen molar-refractivity contribution in [1.29, 1.82) is 0 Å². The predicted octanol–water partition coefficient (Wildman–Crippen LogP) is 6.12. The summed E-state index contributed by atoms with van der Waals surface area (Å²) in [7, 11) is 0. The number of nitrogens with zero attached hydrogens (tertiary/aromatic N) is 1. The maximum absolute atomic E-state index is 4.54. The molecule has 0 saturated carbocycles. The van der Waals surface area contributed by atoms with E-state index in [9.17, 15) is 0 Å². The topological polar surface area (TPSA) is 12.4 Å². The Morgan fingerprint density at radius 1 is 0.593 bits per heavy atom. The molecule has 0 amide bonds. The van der Waals surface area contributed by atoms with E-state index in [0.29, 0.717) is 0 Å². The summed E-state index contributed by atoms with van der Waals surface area (Å²) in [5, 5.41) is 0. The monoisotopic (exact) mass is 413 g/mol. The van der Waals surface area contributed by atoms with Gasteiger partial charge in [-0.1, -0.05) is 0 Å². The van der Waals surface area contributed by atoms with Crippen LogP contribution in [0.25, 0.3) is 8.94 Å². The van der Waals surface area contributed by atoms with Crippen LogP contribution in [0.15, 0.2) is 120 Å². The Kier molecular flexibility index (Phi) is 5.59. The molecule has 130 valence electrons. The van der Waals surface area contributed by atoms with Crippen LogP contribution >= 0.6 is 0 Å². The van der Waals surface area contributed by atoms with E-state index in [1.54, 1.807) is 0 Å². The van der Waals surface area contributed by atoms with E-state index < -0.39 is 0 Å². The molecule has 1 aliphatic rings. The van der Waals surface area contributed by atoms with Gasteiger partial charge in [0.2, 0.25) is 0 Å². The molecule has 0 bridgehead atoms. The van der Waals surface area contributed by atoms with Crippen molar-refractivity contribution < 1.29 is 0 Å². The Morgan fingerprint density at radius 3 is 1.59 bits per heavy atom. The summed E-state index contributed by atoms with van der Waals surface area (Å²) in [6.07, 6.45) is 8.56. The molecule has 0 spiro atoms. The normalized spacial score (nSPS) is 14.0. The first-order valence-corrected chi connectivity index (χ1v) is 10.6. The van der Waals surface area contributed by atoms with Gasteiger partial charge in [-0.05, 0) is 0 Å².